The number of nitrogens with one attached hydrogen (secondary N) is 1. The van der Waals surface area contributed by atoms with Gasteiger partial charge in [-0.25, -0.2) is 13.1 Å². The summed E-state index contributed by atoms with van der Waals surface area (Å²) in [6, 6.07) is 6.73. The molecule has 2 unspecified atom stereocenters. The Bertz CT molecular complexity index is 558. The Kier molecular flexibility index (Phi) is 5.09. The SMILES string of the molecule is CC1CCCC(CO)(NS(=O)(=O)c2ccc(I)cc2)C1. The molecule has 0 bridgehead atoms. The fourth-order valence-corrected chi connectivity index (χ4v) is 4.68. The highest BCUT2D eigenvalue weighted by Crippen LogP contribution is 2.33. The van der Waals surface area contributed by atoms with E-state index in [-0.39, 0.29) is 11.5 Å². The van der Waals surface area contributed by atoms with Crippen LogP contribution in [-0.2, 0) is 10.0 Å². The van der Waals surface area contributed by atoms with Gasteiger partial charge in [-0.05, 0) is 65.6 Å². The molecule has 0 aromatic heterocycles. The minimum Gasteiger partial charge on any atom is -0.394 e. The maximum atomic E-state index is 12.5. The van der Waals surface area contributed by atoms with Gasteiger partial charge in [0.15, 0.2) is 0 Å². The van der Waals surface area contributed by atoms with Crippen LogP contribution in [-0.4, -0.2) is 25.7 Å². The Balaban J connectivity index is 2.23. The number of hydrogen-bond acceptors (Lipinski definition) is 3. The van der Waals surface area contributed by atoms with Crippen LogP contribution in [0.4, 0.5) is 0 Å². The largest absolute Gasteiger partial charge is 0.394 e. The summed E-state index contributed by atoms with van der Waals surface area (Å²) >= 11 is 2.14. The second-order valence-corrected chi connectivity index (χ2v) is 8.63. The molecule has 0 saturated heterocycles. The van der Waals surface area contributed by atoms with E-state index in [0.29, 0.717) is 18.8 Å². The summed E-state index contributed by atoms with van der Waals surface area (Å²) in [7, 11) is -3.58. The molecule has 0 amide bonds. The summed E-state index contributed by atoms with van der Waals surface area (Å²) < 4.78 is 28.7. The van der Waals surface area contributed by atoms with Crippen LogP contribution in [0.25, 0.3) is 0 Å². The zero-order chi connectivity index (χ0) is 14.8. The van der Waals surface area contributed by atoms with Gasteiger partial charge in [-0.2, -0.15) is 0 Å². The Morgan fingerprint density at radius 2 is 2.05 bits per heavy atom. The van der Waals surface area contributed by atoms with Crippen LogP contribution in [0.1, 0.15) is 32.6 Å². The van der Waals surface area contributed by atoms with E-state index < -0.39 is 15.6 Å². The van der Waals surface area contributed by atoms with Gasteiger partial charge in [-0.3, -0.25) is 0 Å². The van der Waals surface area contributed by atoms with Gasteiger partial charge in [-0.15, -0.1) is 0 Å². The molecule has 1 aromatic rings. The Morgan fingerprint density at radius 1 is 1.40 bits per heavy atom. The van der Waals surface area contributed by atoms with Crippen molar-refractivity contribution in [3.05, 3.63) is 27.8 Å². The minimum atomic E-state index is -3.58. The first-order chi connectivity index (χ1) is 9.37. The van der Waals surface area contributed by atoms with E-state index in [9.17, 15) is 13.5 Å². The molecule has 1 saturated carbocycles. The summed E-state index contributed by atoms with van der Waals surface area (Å²) in [6.45, 7) is 1.95. The van der Waals surface area contributed by atoms with Gasteiger partial charge in [0.2, 0.25) is 10.0 Å². The highest BCUT2D eigenvalue weighted by atomic mass is 127. The average Bonchev–Trinajstić information content (AvgIpc) is 2.38. The summed E-state index contributed by atoms with van der Waals surface area (Å²) in [4.78, 5) is 0.254. The van der Waals surface area contributed by atoms with Crippen LogP contribution in [0.15, 0.2) is 29.2 Å². The molecule has 4 nitrogen and oxygen atoms in total. The van der Waals surface area contributed by atoms with Crippen molar-refractivity contribution in [2.45, 2.75) is 43.0 Å². The van der Waals surface area contributed by atoms with E-state index in [1.165, 1.54) is 0 Å². The van der Waals surface area contributed by atoms with Crippen molar-refractivity contribution in [2.75, 3.05) is 6.61 Å². The molecule has 2 rings (SSSR count). The summed E-state index contributed by atoms with van der Waals surface area (Å²) in [5, 5.41) is 9.69. The predicted octanol–water partition coefficient (Wildman–Crippen LogP) is 2.51. The lowest BCUT2D eigenvalue weighted by Crippen LogP contribution is -2.53. The van der Waals surface area contributed by atoms with Gasteiger partial charge in [0, 0.05) is 3.57 Å². The molecule has 1 aromatic carbocycles. The molecule has 1 fully saturated rings. The second-order valence-electron chi connectivity index (χ2n) is 5.70. The van der Waals surface area contributed by atoms with Crippen molar-refractivity contribution in [3.63, 3.8) is 0 Å². The lowest BCUT2D eigenvalue weighted by atomic mass is 9.78. The fourth-order valence-electron chi connectivity index (χ4n) is 2.89. The number of sulfonamides is 1. The Hall–Kier alpha value is -0.180. The van der Waals surface area contributed by atoms with Crippen molar-refractivity contribution in [1.82, 2.24) is 4.72 Å². The van der Waals surface area contributed by atoms with Gasteiger partial charge in [0.25, 0.3) is 0 Å². The summed E-state index contributed by atoms with van der Waals surface area (Å²) in [5.41, 5.74) is -0.709. The van der Waals surface area contributed by atoms with E-state index in [1.54, 1.807) is 24.3 Å². The number of hydrogen-bond donors (Lipinski definition) is 2. The van der Waals surface area contributed by atoms with Crippen molar-refractivity contribution in [2.24, 2.45) is 5.92 Å². The Morgan fingerprint density at radius 3 is 2.60 bits per heavy atom. The maximum Gasteiger partial charge on any atom is 0.241 e. The van der Waals surface area contributed by atoms with Crippen LogP contribution in [0.5, 0.6) is 0 Å². The standard InChI is InChI=1S/C14H20INO3S/c1-11-3-2-8-14(9-11,10-17)16-20(18,19)13-6-4-12(15)5-7-13/h4-7,11,16-17H,2-3,8-10H2,1H3. The summed E-state index contributed by atoms with van der Waals surface area (Å²) in [5.74, 6) is 0.426. The van der Waals surface area contributed by atoms with Gasteiger partial charge in [0.1, 0.15) is 0 Å². The van der Waals surface area contributed by atoms with Crippen molar-refractivity contribution in [1.29, 1.82) is 0 Å². The summed E-state index contributed by atoms with van der Waals surface area (Å²) in [6.07, 6.45) is 3.41. The second kappa shape index (κ2) is 6.29. The van der Waals surface area contributed by atoms with Crippen molar-refractivity contribution in [3.8, 4) is 0 Å². The third-order valence-corrected chi connectivity index (χ3v) is 6.18. The lowest BCUT2D eigenvalue weighted by Gasteiger charge is -2.39. The molecule has 112 valence electrons. The van der Waals surface area contributed by atoms with E-state index in [2.05, 4.69) is 34.2 Å². The average molecular weight is 409 g/mol. The maximum absolute atomic E-state index is 12.5. The molecule has 0 aliphatic heterocycles. The van der Waals surface area contributed by atoms with Crippen LogP contribution in [0.2, 0.25) is 0 Å². The van der Waals surface area contributed by atoms with Crippen LogP contribution < -0.4 is 4.72 Å². The fraction of sp³-hybridized carbons (Fsp3) is 0.571. The Labute approximate surface area is 134 Å². The topological polar surface area (TPSA) is 66.4 Å². The zero-order valence-electron chi connectivity index (χ0n) is 11.5. The van der Waals surface area contributed by atoms with Crippen molar-refractivity contribution >= 4 is 32.6 Å². The van der Waals surface area contributed by atoms with Crippen LogP contribution in [0.3, 0.4) is 0 Å². The van der Waals surface area contributed by atoms with E-state index >= 15 is 0 Å². The van der Waals surface area contributed by atoms with E-state index in [0.717, 1.165) is 16.4 Å². The molecule has 0 radical (unpaired) electrons. The van der Waals surface area contributed by atoms with Gasteiger partial charge in [-0.1, -0.05) is 19.8 Å². The first kappa shape index (κ1) is 16.2. The minimum absolute atomic E-state index is 0.152. The molecule has 0 spiro atoms. The molecular weight excluding hydrogens is 389 g/mol. The molecule has 2 atom stereocenters. The van der Waals surface area contributed by atoms with E-state index in [4.69, 9.17) is 0 Å². The quantitative estimate of drug-likeness (QED) is 0.752. The third kappa shape index (κ3) is 3.72. The molecular formula is C14H20INO3S. The van der Waals surface area contributed by atoms with Crippen LogP contribution >= 0.6 is 22.6 Å². The first-order valence-electron chi connectivity index (χ1n) is 6.77. The normalized spacial score (nSPS) is 27.4. The predicted molar refractivity (Wildman–Crippen MR) is 86.9 cm³/mol. The molecule has 0 heterocycles. The van der Waals surface area contributed by atoms with Crippen LogP contribution in [0, 0.1) is 9.49 Å². The zero-order valence-corrected chi connectivity index (χ0v) is 14.4. The molecule has 1 aliphatic carbocycles. The number of aliphatic hydroxyl groups is 1. The monoisotopic (exact) mass is 409 g/mol. The number of halogens is 1. The molecule has 6 heteroatoms. The van der Waals surface area contributed by atoms with Gasteiger partial charge < -0.3 is 5.11 Å². The van der Waals surface area contributed by atoms with E-state index in [1.807, 2.05) is 0 Å². The molecule has 2 N–H and O–H groups in total. The molecule has 20 heavy (non-hydrogen) atoms. The number of benzene rings is 1. The molecule has 1 aliphatic rings. The number of rotatable bonds is 4. The van der Waals surface area contributed by atoms with Crippen molar-refractivity contribution < 1.29 is 13.5 Å². The highest BCUT2D eigenvalue weighted by Gasteiger charge is 2.38. The third-order valence-electron chi connectivity index (χ3n) is 3.87. The lowest BCUT2D eigenvalue weighted by molar-refractivity contribution is 0.120. The smallest absolute Gasteiger partial charge is 0.241 e. The highest BCUT2D eigenvalue weighted by molar-refractivity contribution is 14.1. The number of aliphatic hydroxyl groups excluding tert-OH is 1. The van der Waals surface area contributed by atoms with Gasteiger partial charge >= 0.3 is 0 Å². The first-order valence-corrected chi connectivity index (χ1v) is 9.33. The van der Waals surface area contributed by atoms with Gasteiger partial charge in [0.05, 0.1) is 17.0 Å².